The summed E-state index contributed by atoms with van der Waals surface area (Å²) in [5.41, 5.74) is 8.22. The van der Waals surface area contributed by atoms with Gasteiger partial charge in [-0.15, -0.1) is 0 Å². The molecular weight excluding hydrogens is 300 g/mol. The van der Waals surface area contributed by atoms with E-state index in [1.807, 2.05) is 12.2 Å². The highest BCUT2D eigenvalue weighted by Crippen LogP contribution is 2.18. The average molecular weight is 316 g/mol. The fourth-order valence-corrected chi connectivity index (χ4v) is 2.94. The lowest BCUT2D eigenvalue weighted by molar-refractivity contribution is 0.824. The van der Waals surface area contributed by atoms with Crippen LogP contribution in [0.1, 0.15) is 11.4 Å². The Balaban J connectivity index is 0.00000146. The van der Waals surface area contributed by atoms with E-state index in [4.69, 9.17) is 0 Å². The van der Waals surface area contributed by atoms with Gasteiger partial charge in [0, 0.05) is 27.6 Å². The number of hydrogen-bond acceptors (Lipinski definition) is 1. The highest BCUT2D eigenvalue weighted by atomic mass is 16.0. The second kappa shape index (κ2) is 5.40. The Labute approximate surface area is 137 Å². The maximum Gasteiger partial charge on any atom is 0.0872 e. The molecule has 5 rings (SSSR count). The van der Waals surface area contributed by atoms with Crippen molar-refractivity contribution < 1.29 is 5.48 Å². The molecule has 0 unspecified atom stereocenters. The first kappa shape index (κ1) is 14.3. The van der Waals surface area contributed by atoms with Crippen molar-refractivity contribution in [3.05, 3.63) is 66.0 Å². The zero-order chi connectivity index (χ0) is 15.2. The fourth-order valence-electron chi connectivity index (χ4n) is 2.94. The van der Waals surface area contributed by atoms with Gasteiger partial charge in [0.25, 0.3) is 0 Å². The molecule has 1 aliphatic rings. The molecule has 0 radical (unpaired) electrons. The van der Waals surface area contributed by atoms with Crippen molar-refractivity contribution in [2.75, 3.05) is 0 Å². The quantitative estimate of drug-likeness (QED) is 0.397. The van der Waals surface area contributed by atoms with E-state index in [2.05, 4.69) is 74.5 Å². The number of aromatic nitrogens is 4. The van der Waals surface area contributed by atoms with E-state index in [1.54, 1.807) is 0 Å². The van der Waals surface area contributed by atoms with E-state index in [0.717, 1.165) is 44.5 Å². The Bertz CT molecular complexity index is 1180. The molecule has 0 aromatic carbocycles. The molecule has 0 aliphatic carbocycles. The monoisotopic (exact) mass is 316 g/mol. The van der Waals surface area contributed by atoms with Crippen LogP contribution in [0.3, 0.4) is 0 Å². The van der Waals surface area contributed by atoms with Crippen LogP contribution in [-0.2, 0) is 0 Å². The Morgan fingerprint density at radius 3 is 1.79 bits per heavy atom. The standard InChI is InChI=1S/C19H14N4.H2O/c1-3-14-10-16-5-7-18(22-16)19-8-6-17(23-19)11-15-4-2-13(21-15)9-12(1)20-14;/h1-11,20-22H;1H2. The predicted molar refractivity (Wildman–Crippen MR) is 98.8 cm³/mol. The van der Waals surface area contributed by atoms with Crippen molar-refractivity contribution in [1.29, 1.82) is 0 Å². The van der Waals surface area contributed by atoms with Crippen LogP contribution in [0.25, 0.3) is 45.3 Å². The number of aromatic amines is 3. The molecule has 5 heterocycles. The minimum Gasteiger partial charge on any atom is -0.412 e. The van der Waals surface area contributed by atoms with Crippen molar-refractivity contribution >= 4 is 45.3 Å². The van der Waals surface area contributed by atoms with Gasteiger partial charge in [-0.05, 0) is 66.7 Å². The summed E-state index contributed by atoms with van der Waals surface area (Å²) < 4.78 is 0. The van der Waals surface area contributed by atoms with Gasteiger partial charge in [0.15, 0.2) is 0 Å². The van der Waals surface area contributed by atoms with Crippen molar-refractivity contribution in [1.82, 2.24) is 19.9 Å². The van der Waals surface area contributed by atoms with Gasteiger partial charge in [-0.2, -0.15) is 0 Å². The summed E-state index contributed by atoms with van der Waals surface area (Å²) in [6, 6.07) is 18.7. The molecule has 4 aromatic heterocycles. The van der Waals surface area contributed by atoms with E-state index in [1.165, 1.54) is 0 Å². The molecule has 0 spiro atoms. The normalized spacial score (nSPS) is 11.7. The molecule has 1 aliphatic heterocycles. The van der Waals surface area contributed by atoms with E-state index in [9.17, 15) is 0 Å². The number of nitrogens with one attached hydrogen (secondary N) is 3. The molecule has 0 saturated heterocycles. The van der Waals surface area contributed by atoms with Crippen LogP contribution < -0.4 is 0 Å². The van der Waals surface area contributed by atoms with Crippen molar-refractivity contribution in [3.8, 4) is 0 Å². The number of H-pyrrole nitrogens is 3. The number of fused-ring (bicyclic) bond motifs is 9. The van der Waals surface area contributed by atoms with Crippen molar-refractivity contribution in [3.63, 3.8) is 0 Å². The van der Waals surface area contributed by atoms with Crippen LogP contribution in [0.5, 0.6) is 0 Å². The first-order valence-corrected chi connectivity index (χ1v) is 7.57. The summed E-state index contributed by atoms with van der Waals surface area (Å²) in [5.74, 6) is 0. The summed E-state index contributed by atoms with van der Waals surface area (Å²) in [6.45, 7) is 0. The van der Waals surface area contributed by atoms with Crippen LogP contribution in [0.15, 0.2) is 54.6 Å². The van der Waals surface area contributed by atoms with Gasteiger partial charge in [0.05, 0.1) is 16.9 Å². The third kappa shape index (κ3) is 2.47. The molecule has 5 N–H and O–H groups in total. The number of nitrogens with zero attached hydrogens (tertiary/aromatic N) is 1. The number of rotatable bonds is 0. The third-order valence-corrected chi connectivity index (χ3v) is 4.03. The minimum atomic E-state index is 0. The van der Waals surface area contributed by atoms with Crippen LogP contribution in [0, 0.1) is 0 Å². The van der Waals surface area contributed by atoms with Gasteiger partial charge in [0.2, 0.25) is 0 Å². The van der Waals surface area contributed by atoms with Gasteiger partial charge in [-0.25, -0.2) is 4.98 Å². The van der Waals surface area contributed by atoms with Crippen molar-refractivity contribution in [2.24, 2.45) is 0 Å². The lowest BCUT2D eigenvalue weighted by Crippen LogP contribution is -1.75. The summed E-state index contributed by atoms with van der Waals surface area (Å²) in [4.78, 5) is 14.9. The average Bonchev–Trinajstić information content (AvgIpc) is 3.28. The molecule has 8 bridgehead atoms. The van der Waals surface area contributed by atoms with E-state index in [-0.39, 0.29) is 5.48 Å². The summed E-state index contributed by atoms with van der Waals surface area (Å²) in [6.07, 6.45) is 4.07. The summed E-state index contributed by atoms with van der Waals surface area (Å²) >= 11 is 0. The summed E-state index contributed by atoms with van der Waals surface area (Å²) in [7, 11) is 0. The van der Waals surface area contributed by atoms with E-state index in [0.29, 0.717) is 0 Å². The highest BCUT2D eigenvalue weighted by molar-refractivity contribution is 5.81. The Kier molecular flexibility index (Phi) is 3.22. The molecule has 24 heavy (non-hydrogen) atoms. The zero-order valence-electron chi connectivity index (χ0n) is 12.8. The van der Waals surface area contributed by atoms with E-state index < -0.39 is 0 Å². The molecule has 0 amide bonds. The topological polar surface area (TPSA) is 91.8 Å². The molecule has 5 heteroatoms. The highest BCUT2D eigenvalue weighted by Gasteiger charge is 2.02. The van der Waals surface area contributed by atoms with Gasteiger partial charge < -0.3 is 20.4 Å². The van der Waals surface area contributed by atoms with Crippen molar-refractivity contribution in [2.45, 2.75) is 0 Å². The Morgan fingerprint density at radius 1 is 0.583 bits per heavy atom. The van der Waals surface area contributed by atoms with Gasteiger partial charge in [-0.1, -0.05) is 0 Å². The zero-order valence-corrected chi connectivity index (χ0v) is 12.8. The van der Waals surface area contributed by atoms with Crippen LogP contribution in [0.2, 0.25) is 0 Å². The molecule has 0 fully saturated rings. The van der Waals surface area contributed by atoms with Crippen LogP contribution in [-0.4, -0.2) is 25.4 Å². The maximum atomic E-state index is 4.68. The minimum absolute atomic E-state index is 0. The first-order valence-electron chi connectivity index (χ1n) is 7.57. The third-order valence-electron chi connectivity index (χ3n) is 4.03. The van der Waals surface area contributed by atoms with E-state index >= 15 is 0 Å². The molecule has 4 aromatic rings. The van der Waals surface area contributed by atoms with Crippen LogP contribution >= 0.6 is 0 Å². The molecule has 0 atom stereocenters. The lowest BCUT2D eigenvalue weighted by atomic mass is 10.3. The molecule has 5 nitrogen and oxygen atoms in total. The lowest BCUT2D eigenvalue weighted by Gasteiger charge is -1.85. The smallest absolute Gasteiger partial charge is 0.0872 e. The Morgan fingerprint density at radius 2 is 1.12 bits per heavy atom. The fraction of sp³-hybridized carbons (Fsp3) is 0. The first-order chi connectivity index (χ1) is 11.3. The largest absolute Gasteiger partial charge is 0.412 e. The second-order valence-electron chi connectivity index (χ2n) is 5.75. The predicted octanol–water partition coefficient (Wildman–Crippen LogP) is 3.87. The molecular formula is C19H16N4O. The molecule has 0 saturated carbocycles. The second-order valence-corrected chi connectivity index (χ2v) is 5.75. The Hall–Kier alpha value is -3.31. The van der Waals surface area contributed by atoms with Gasteiger partial charge in [-0.3, -0.25) is 0 Å². The SMILES string of the molecule is C1=Cc2nc1cc1ccc(cc3ccc(cc4ccc2[nH]4)[nH]3)[nH]1.O. The van der Waals surface area contributed by atoms with Gasteiger partial charge in [0.1, 0.15) is 0 Å². The molecule has 118 valence electrons. The van der Waals surface area contributed by atoms with Crippen LogP contribution in [0.4, 0.5) is 0 Å². The number of hydrogen-bond donors (Lipinski definition) is 3. The van der Waals surface area contributed by atoms with Gasteiger partial charge >= 0.3 is 0 Å². The summed E-state index contributed by atoms with van der Waals surface area (Å²) in [5, 5.41) is 0. The maximum absolute atomic E-state index is 4.68.